The zero-order chi connectivity index (χ0) is 13.7. The second kappa shape index (κ2) is 6.33. The number of hydrogen-bond acceptors (Lipinski definition) is 3. The summed E-state index contributed by atoms with van der Waals surface area (Å²) in [6.07, 6.45) is 2.55. The predicted molar refractivity (Wildman–Crippen MR) is 79.1 cm³/mol. The molecule has 1 aromatic heterocycles. The molecule has 0 saturated heterocycles. The molecule has 1 aromatic carbocycles. The normalized spacial score (nSPS) is 10.2. The van der Waals surface area contributed by atoms with E-state index in [4.69, 9.17) is 5.73 Å². The number of primary amides is 1. The van der Waals surface area contributed by atoms with Crippen LogP contribution in [0, 0.1) is 0 Å². The highest BCUT2D eigenvalue weighted by Gasteiger charge is 2.01. The van der Waals surface area contributed by atoms with Crippen molar-refractivity contribution >= 4 is 27.7 Å². The number of pyridine rings is 1. The smallest absolute Gasteiger partial charge is 0.248 e. The highest BCUT2D eigenvalue weighted by Crippen LogP contribution is 2.11. The van der Waals surface area contributed by atoms with Crippen LogP contribution in [0.1, 0.15) is 15.9 Å². The minimum Gasteiger partial charge on any atom is -0.370 e. The van der Waals surface area contributed by atoms with E-state index in [2.05, 4.69) is 26.2 Å². The monoisotopic (exact) mass is 319 g/mol. The molecule has 5 heteroatoms. The lowest BCUT2D eigenvalue weighted by molar-refractivity contribution is 0.1000. The Hall–Kier alpha value is -1.88. The third-order valence-corrected chi connectivity index (χ3v) is 3.13. The van der Waals surface area contributed by atoms with Gasteiger partial charge in [-0.05, 0) is 52.2 Å². The maximum Gasteiger partial charge on any atom is 0.248 e. The van der Waals surface area contributed by atoms with Crippen LogP contribution in [0.4, 0.5) is 5.82 Å². The molecular weight excluding hydrogens is 306 g/mol. The molecule has 0 fully saturated rings. The molecule has 0 bridgehead atoms. The first kappa shape index (κ1) is 13.5. The maximum absolute atomic E-state index is 11.1. The van der Waals surface area contributed by atoms with Crippen molar-refractivity contribution in [2.24, 2.45) is 5.73 Å². The molecule has 0 unspecified atom stereocenters. The van der Waals surface area contributed by atoms with E-state index in [0.717, 1.165) is 28.8 Å². The first-order chi connectivity index (χ1) is 9.15. The molecule has 2 rings (SSSR count). The van der Waals surface area contributed by atoms with E-state index in [9.17, 15) is 4.79 Å². The average Bonchev–Trinajstić information content (AvgIpc) is 2.41. The molecule has 98 valence electrons. The minimum absolute atomic E-state index is 0.399. The van der Waals surface area contributed by atoms with Crippen LogP contribution in [0.15, 0.2) is 47.1 Å². The van der Waals surface area contributed by atoms with Crippen molar-refractivity contribution in [1.29, 1.82) is 0 Å². The average molecular weight is 320 g/mol. The number of nitrogens with zero attached hydrogens (tertiary/aromatic N) is 1. The molecule has 0 saturated carbocycles. The van der Waals surface area contributed by atoms with Gasteiger partial charge in [0, 0.05) is 22.8 Å². The number of anilines is 1. The number of aromatic nitrogens is 1. The van der Waals surface area contributed by atoms with Crippen LogP contribution in [0.3, 0.4) is 0 Å². The number of hydrogen-bond donors (Lipinski definition) is 2. The highest BCUT2D eigenvalue weighted by atomic mass is 79.9. The summed E-state index contributed by atoms with van der Waals surface area (Å²) in [5.41, 5.74) is 6.86. The van der Waals surface area contributed by atoms with E-state index in [1.54, 1.807) is 12.3 Å². The van der Waals surface area contributed by atoms with Crippen LogP contribution < -0.4 is 11.1 Å². The molecule has 2 aromatic rings. The topological polar surface area (TPSA) is 68.0 Å². The fraction of sp³-hybridized carbons (Fsp3) is 0.143. The number of nitrogens with one attached hydrogen (secondary N) is 1. The predicted octanol–water partition coefficient (Wildman–Crippen LogP) is 2.60. The summed E-state index contributed by atoms with van der Waals surface area (Å²) in [5.74, 6) is 0.429. The van der Waals surface area contributed by atoms with Gasteiger partial charge in [0.2, 0.25) is 5.91 Å². The quantitative estimate of drug-likeness (QED) is 0.890. The van der Waals surface area contributed by atoms with Crippen molar-refractivity contribution in [3.63, 3.8) is 0 Å². The molecular formula is C14H14BrN3O. The van der Waals surface area contributed by atoms with Gasteiger partial charge in [0.15, 0.2) is 0 Å². The molecule has 0 aliphatic heterocycles. The molecule has 0 aliphatic carbocycles. The van der Waals surface area contributed by atoms with Gasteiger partial charge in [0.1, 0.15) is 5.82 Å². The SMILES string of the molecule is NC(=O)c1cccc(CCNc2ccc(Br)cn2)c1. The van der Waals surface area contributed by atoms with Gasteiger partial charge in [-0.25, -0.2) is 4.98 Å². The molecule has 0 atom stereocenters. The highest BCUT2D eigenvalue weighted by molar-refractivity contribution is 9.10. The third kappa shape index (κ3) is 4.06. The third-order valence-electron chi connectivity index (χ3n) is 2.66. The molecule has 0 spiro atoms. The Bertz CT molecular complexity index is 569. The van der Waals surface area contributed by atoms with Crippen molar-refractivity contribution in [1.82, 2.24) is 4.98 Å². The largest absolute Gasteiger partial charge is 0.370 e. The second-order valence-corrected chi connectivity index (χ2v) is 5.02. The zero-order valence-electron chi connectivity index (χ0n) is 10.3. The Morgan fingerprint density at radius 2 is 2.16 bits per heavy atom. The Morgan fingerprint density at radius 1 is 1.32 bits per heavy atom. The summed E-state index contributed by atoms with van der Waals surface area (Å²) in [5, 5.41) is 3.22. The Kier molecular flexibility index (Phi) is 4.52. The van der Waals surface area contributed by atoms with Gasteiger partial charge in [-0.15, -0.1) is 0 Å². The molecule has 0 aliphatic rings. The first-order valence-electron chi connectivity index (χ1n) is 5.89. The van der Waals surface area contributed by atoms with Crippen LogP contribution in [-0.2, 0) is 6.42 Å². The van der Waals surface area contributed by atoms with Crippen LogP contribution in [0.5, 0.6) is 0 Å². The Labute approximate surface area is 120 Å². The van der Waals surface area contributed by atoms with Crippen molar-refractivity contribution in [2.45, 2.75) is 6.42 Å². The minimum atomic E-state index is -0.399. The molecule has 19 heavy (non-hydrogen) atoms. The molecule has 1 heterocycles. The van der Waals surface area contributed by atoms with Crippen LogP contribution in [0.25, 0.3) is 0 Å². The van der Waals surface area contributed by atoms with E-state index in [-0.39, 0.29) is 0 Å². The van der Waals surface area contributed by atoms with Crippen LogP contribution >= 0.6 is 15.9 Å². The van der Waals surface area contributed by atoms with E-state index in [1.165, 1.54) is 0 Å². The Morgan fingerprint density at radius 3 is 2.84 bits per heavy atom. The van der Waals surface area contributed by atoms with Crippen molar-refractivity contribution in [3.8, 4) is 0 Å². The van der Waals surface area contributed by atoms with Gasteiger partial charge in [-0.3, -0.25) is 4.79 Å². The number of carbonyl (C=O) groups is 1. The molecule has 4 nitrogen and oxygen atoms in total. The number of rotatable bonds is 5. The van der Waals surface area contributed by atoms with Gasteiger partial charge >= 0.3 is 0 Å². The summed E-state index contributed by atoms with van der Waals surface area (Å²) in [7, 11) is 0. The number of amides is 1. The van der Waals surface area contributed by atoms with Gasteiger partial charge in [-0.1, -0.05) is 12.1 Å². The lowest BCUT2D eigenvalue weighted by Crippen LogP contribution is -2.12. The number of benzene rings is 1. The maximum atomic E-state index is 11.1. The zero-order valence-corrected chi connectivity index (χ0v) is 11.9. The van der Waals surface area contributed by atoms with Crippen LogP contribution in [0.2, 0.25) is 0 Å². The summed E-state index contributed by atoms with van der Waals surface area (Å²) in [6.45, 7) is 0.747. The van der Waals surface area contributed by atoms with Gasteiger partial charge in [-0.2, -0.15) is 0 Å². The van der Waals surface area contributed by atoms with E-state index < -0.39 is 5.91 Å². The molecule has 0 radical (unpaired) electrons. The summed E-state index contributed by atoms with van der Waals surface area (Å²) in [6, 6.07) is 11.2. The van der Waals surface area contributed by atoms with E-state index in [1.807, 2.05) is 30.3 Å². The fourth-order valence-corrected chi connectivity index (χ4v) is 1.93. The van der Waals surface area contributed by atoms with Gasteiger partial charge in [0.25, 0.3) is 0 Å². The van der Waals surface area contributed by atoms with Crippen molar-refractivity contribution in [3.05, 3.63) is 58.2 Å². The standard InChI is InChI=1S/C14H14BrN3O/c15-12-4-5-13(18-9-12)17-7-6-10-2-1-3-11(8-10)14(16)19/h1-5,8-9H,6-7H2,(H2,16,19)(H,17,18). The summed E-state index contributed by atoms with van der Waals surface area (Å²) in [4.78, 5) is 15.3. The van der Waals surface area contributed by atoms with Gasteiger partial charge in [0.05, 0.1) is 0 Å². The van der Waals surface area contributed by atoms with E-state index in [0.29, 0.717) is 5.56 Å². The van der Waals surface area contributed by atoms with Gasteiger partial charge < -0.3 is 11.1 Å². The first-order valence-corrected chi connectivity index (χ1v) is 6.68. The second-order valence-electron chi connectivity index (χ2n) is 4.10. The fourth-order valence-electron chi connectivity index (χ4n) is 1.70. The number of carbonyl (C=O) groups excluding carboxylic acids is 1. The van der Waals surface area contributed by atoms with Crippen molar-refractivity contribution in [2.75, 3.05) is 11.9 Å². The lowest BCUT2D eigenvalue weighted by atomic mass is 10.1. The molecule has 3 N–H and O–H groups in total. The van der Waals surface area contributed by atoms with Crippen molar-refractivity contribution < 1.29 is 4.79 Å². The van der Waals surface area contributed by atoms with E-state index >= 15 is 0 Å². The number of nitrogens with two attached hydrogens (primary N) is 1. The summed E-state index contributed by atoms with van der Waals surface area (Å²) >= 11 is 3.34. The summed E-state index contributed by atoms with van der Waals surface area (Å²) < 4.78 is 0.951. The Balaban J connectivity index is 1.90. The van der Waals surface area contributed by atoms with Crippen LogP contribution in [-0.4, -0.2) is 17.4 Å². The lowest BCUT2D eigenvalue weighted by Gasteiger charge is -2.06. The molecule has 1 amide bonds. The number of halogens is 1.